The van der Waals surface area contributed by atoms with E-state index in [1.807, 2.05) is 60.8 Å². The van der Waals surface area contributed by atoms with Crippen molar-refractivity contribution in [3.05, 3.63) is 71.9 Å². The molecule has 1 atom stereocenters. The number of para-hydroxylation sites is 1. The minimum atomic E-state index is -0.523. The van der Waals surface area contributed by atoms with E-state index < -0.39 is 6.04 Å². The van der Waals surface area contributed by atoms with Crippen molar-refractivity contribution in [3.63, 3.8) is 0 Å². The van der Waals surface area contributed by atoms with E-state index in [4.69, 9.17) is 0 Å². The van der Waals surface area contributed by atoms with E-state index in [0.29, 0.717) is 6.42 Å². The lowest BCUT2D eigenvalue weighted by molar-refractivity contribution is -0.123. The Morgan fingerprint density at radius 2 is 1.83 bits per heavy atom. The van der Waals surface area contributed by atoms with Crippen molar-refractivity contribution in [3.8, 4) is 0 Å². The van der Waals surface area contributed by atoms with Crippen molar-refractivity contribution in [2.75, 3.05) is 0 Å². The van der Waals surface area contributed by atoms with Gasteiger partial charge in [0.05, 0.1) is 12.5 Å². The Morgan fingerprint density at radius 1 is 1.09 bits per heavy atom. The van der Waals surface area contributed by atoms with Gasteiger partial charge < -0.3 is 15.1 Å². The molecule has 3 rings (SSSR count). The third-order valence-electron chi connectivity index (χ3n) is 3.83. The molecule has 0 aliphatic heterocycles. The Morgan fingerprint density at radius 3 is 2.61 bits per heavy atom. The monoisotopic (exact) mass is 306 g/mol. The van der Waals surface area contributed by atoms with E-state index in [1.165, 1.54) is 0 Å². The number of H-pyrrole nitrogens is 1. The van der Waals surface area contributed by atoms with E-state index in [2.05, 4.69) is 10.3 Å². The number of aromatic amines is 1. The first kappa shape index (κ1) is 15.0. The minimum absolute atomic E-state index is 0.145. The van der Waals surface area contributed by atoms with Crippen LogP contribution in [0.15, 0.2) is 60.8 Å². The molecule has 1 aromatic heterocycles. The second kappa shape index (κ2) is 6.92. The van der Waals surface area contributed by atoms with Gasteiger partial charge >= 0.3 is 0 Å². The van der Waals surface area contributed by atoms with Crippen LogP contribution in [0.5, 0.6) is 0 Å². The van der Waals surface area contributed by atoms with Gasteiger partial charge in [-0.25, -0.2) is 0 Å². The van der Waals surface area contributed by atoms with Gasteiger partial charge in [0.25, 0.3) is 0 Å². The van der Waals surface area contributed by atoms with Crippen LogP contribution in [0.3, 0.4) is 0 Å². The van der Waals surface area contributed by atoms with E-state index in [9.17, 15) is 9.59 Å². The summed E-state index contributed by atoms with van der Waals surface area (Å²) in [7, 11) is 0. The molecule has 0 spiro atoms. The number of fused-ring (bicyclic) bond motifs is 1. The van der Waals surface area contributed by atoms with Gasteiger partial charge in [-0.05, 0) is 17.2 Å². The first-order chi connectivity index (χ1) is 11.3. The maximum Gasteiger partial charge on any atom is 0.225 e. The zero-order valence-electron chi connectivity index (χ0n) is 12.7. The normalized spacial score (nSPS) is 12.0. The molecule has 0 fully saturated rings. The number of carbonyl (C=O) groups excluding carboxylic acids is 2. The zero-order chi connectivity index (χ0) is 16.1. The van der Waals surface area contributed by atoms with Gasteiger partial charge in [-0.3, -0.25) is 4.79 Å². The highest BCUT2D eigenvalue weighted by Gasteiger charge is 2.14. The third kappa shape index (κ3) is 3.66. The van der Waals surface area contributed by atoms with Crippen LogP contribution in [0, 0.1) is 0 Å². The van der Waals surface area contributed by atoms with Crippen molar-refractivity contribution in [1.29, 1.82) is 0 Å². The largest absolute Gasteiger partial charge is 0.361 e. The van der Waals surface area contributed by atoms with Crippen LogP contribution < -0.4 is 5.32 Å². The van der Waals surface area contributed by atoms with E-state index >= 15 is 0 Å². The van der Waals surface area contributed by atoms with Gasteiger partial charge in [0, 0.05) is 23.5 Å². The maximum atomic E-state index is 12.1. The van der Waals surface area contributed by atoms with E-state index in [1.54, 1.807) is 0 Å². The van der Waals surface area contributed by atoms with Gasteiger partial charge in [0.1, 0.15) is 6.29 Å². The number of aromatic nitrogens is 1. The summed E-state index contributed by atoms with van der Waals surface area (Å²) in [5, 5.41) is 3.88. The summed E-state index contributed by atoms with van der Waals surface area (Å²) >= 11 is 0. The van der Waals surface area contributed by atoms with Gasteiger partial charge in [-0.1, -0.05) is 48.5 Å². The molecule has 1 heterocycles. The summed E-state index contributed by atoms with van der Waals surface area (Å²) in [5.74, 6) is -0.145. The lowest BCUT2D eigenvalue weighted by Crippen LogP contribution is -2.38. The quantitative estimate of drug-likeness (QED) is 0.688. The van der Waals surface area contributed by atoms with Crippen molar-refractivity contribution >= 4 is 23.1 Å². The van der Waals surface area contributed by atoms with Crippen LogP contribution in [-0.4, -0.2) is 23.2 Å². The van der Waals surface area contributed by atoms with Crippen molar-refractivity contribution in [2.24, 2.45) is 0 Å². The molecule has 1 amide bonds. The summed E-state index contributed by atoms with van der Waals surface area (Å²) in [5.41, 5.74) is 2.99. The maximum absolute atomic E-state index is 12.1. The summed E-state index contributed by atoms with van der Waals surface area (Å²) in [6.45, 7) is 0. The molecule has 4 nitrogen and oxygen atoms in total. The molecule has 0 aliphatic rings. The molecule has 2 aromatic carbocycles. The summed E-state index contributed by atoms with van der Waals surface area (Å²) in [6.07, 6.45) is 3.45. The molecular weight excluding hydrogens is 288 g/mol. The van der Waals surface area contributed by atoms with Crippen LogP contribution in [-0.2, 0) is 22.4 Å². The van der Waals surface area contributed by atoms with Crippen LogP contribution in [0.25, 0.3) is 10.9 Å². The minimum Gasteiger partial charge on any atom is -0.361 e. The molecule has 3 aromatic rings. The fourth-order valence-corrected chi connectivity index (χ4v) is 2.71. The lowest BCUT2D eigenvalue weighted by atomic mass is 10.1. The second-order valence-electron chi connectivity index (χ2n) is 5.54. The van der Waals surface area contributed by atoms with Gasteiger partial charge in [-0.15, -0.1) is 0 Å². The molecule has 0 saturated carbocycles. The van der Waals surface area contributed by atoms with Gasteiger partial charge in [0.2, 0.25) is 5.91 Å². The lowest BCUT2D eigenvalue weighted by Gasteiger charge is -2.12. The molecule has 0 unspecified atom stereocenters. The highest BCUT2D eigenvalue weighted by atomic mass is 16.2. The average molecular weight is 306 g/mol. The fraction of sp³-hybridized carbons (Fsp3) is 0.158. The summed E-state index contributed by atoms with van der Waals surface area (Å²) < 4.78 is 0. The smallest absolute Gasteiger partial charge is 0.225 e. The van der Waals surface area contributed by atoms with E-state index in [-0.39, 0.29) is 12.3 Å². The number of carbonyl (C=O) groups is 2. The fourth-order valence-electron chi connectivity index (χ4n) is 2.71. The van der Waals surface area contributed by atoms with Crippen molar-refractivity contribution in [2.45, 2.75) is 18.9 Å². The third-order valence-corrected chi connectivity index (χ3v) is 3.83. The van der Waals surface area contributed by atoms with Gasteiger partial charge in [-0.2, -0.15) is 0 Å². The summed E-state index contributed by atoms with van der Waals surface area (Å²) in [4.78, 5) is 26.6. The summed E-state index contributed by atoms with van der Waals surface area (Å²) in [6, 6.07) is 16.9. The number of hydrogen-bond donors (Lipinski definition) is 2. The van der Waals surface area contributed by atoms with E-state index in [0.717, 1.165) is 28.3 Å². The zero-order valence-corrected chi connectivity index (χ0v) is 12.7. The Kier molecular flexibility index (Phi) is 4.52. The molecule has 116 valence electrons. The second-order valence-corrected chi connectivity index (χ2v) is 5.54. The number of aldehydes is 1. The van der Waals surface area contributed by atoms with Crippen LogP contribution in [0.1, 0.15) is 11.1 Å². The number of hydrogen-bond acceptors (Lipinski definition) is 2. The standard InChI is InChI=1S/C19H18N2O2/c22-13-16(21-19(23)10-14-6-2-1-3-7-14)11-15-12-20-18-9-5-4-8-17(15)18/h1-9,12-13,16,20H,10-11H2,(H,21,23)/t16-/m0/s1. The number of benzene rings is 2. The van der Waals surface area contributed by atoms with Crippen molar-refractivity contribution < 1.29 is 9.59 Å². The molecule has 4 heteroatoms. The first-order valence-corrected chi connectivity index (χ1v) is 7.60. The first-order valence-electron chi connectivity index (χ1n) is 7.60. The molecule has 0 radical (unpaired) electrons. The molecule has 2 N–H and O–H groups in total. The molecule has 23 heavy (non-hydrogen) atoms. The topological polar surface area (TPSA) is 62.0 Å². The predicted molar refractivity (Wildman–Crippen MR) is 90.1 cm³/mol. The Balaban J connectivity index is 1.66. The molecule has 0 bridgehead atoms. The predicted octanol–water partition coefficient (Wildman–Crippen LogP) is 2.64. The molecule has 0 saturated heterocycles. The number of rotatable bonds is 6. The number of nitrogens with one attached hydrogen (secondary N) is 2. The van der Waals surface area contributed by atoms with Crippen LogP contribution >= 0.6 is 0 Å². The van der Waals surface area contributed by atoms with Crippen LogP contribution in [0.2, 0.25) is 0 Å². The SMILES string of the molecule is O=C[C@H](Cc1c[nH]c2ccccc12)NC(=O)Cc1ccccc1. The molecule has 0 aliphatic carbocycles. The molecular formula is C19H18N2O2. The average Bonchev–Trinajstić information content (AvgIpc) is 2.98. The van der Waals surface area contributed by atoms with Crippen LogP contribution in [0.4, 0.5) is 0 Å². The van der Waals surface area contributed by atoms with Gasteiger partial charge in [0.15, 0.2) is 0 Å². The Hall–Kier alpha value is -2.88. The van der Waals surface area contributed by atoms with Crippen molar-refractivity contribution in [1.82, 2.24) is 10.3 Å². The Labute approximate surface area is 134 Å². The Bertz CT molecular complexity index is 808. The highest BCUT2D eigenvalue weighted by molar-refractivity contribution is 5.85. The number of amides is 1. The highest BCUT2D eigenvalue weighted by Crippen LogP contribution is 2.18.